The molecular weight excluding hydrogens is 262 g/mol. The number of nitrogens with zero attached hydrogens (tertiary/aromatic N) is 2. The van der Waals surface area contributed by atoms with Crippen LogP contribution in [-0.2, 0) is 0 Å². The molecule has 1 heterocycles. The molecule has 0 aliphatic heterocycles. The summed E-state index contributed by atoms with van der Waals surface area (Å²) in [5, 5.41) is 0.888. The van der Waals surface area contributed by atoms with Gasteiger partial charge in [0.15, 0.2) is 0 Å². The average Bonchev–Trinajstić information content (AvgIpc) is 2.51. The van der Waals surface area contributed by atoms with Crippen LogP contribution in [0.1, 0.15) is 37.7 Å². The number of hydrogen-bond acceptors (Lipinski definition) is 3. The van der Waals surface area contributed by atoms with Crippen molar-refractivity contribution >= 4 is 22.5 Å². The molecule has 1 amide bonds. The number of rotatable bonds is 5. The second-order valence-corrected chi connectivity index (χ2v) is 5.47. The predicted octanol–water partition coefficient (Wildman–Crippen LogP) is 3.33. The van der Waals surface area contributed by atoms with E-state index < -0.39 is 0 Å². The molecule has 0 fully saturated rings. The van der Waals surface area contributed by atoms with Crippen LogP contribution in [0.4, 0.5) is 5.69 Å². The number of pyridine rings is 1. The maximum Gasteiger partial charge on any atom is 0.272 e. The molecule has 4 nitrogen and oxygen atoms in total. The third-order valence-electron chi connectivity index (χ3n) is 3.87. The molecule has 0 aliphatic rings. The number of benzene rings is 1. The molecule has 2 aromatic rings. The molecule has 2 N–H and O–H groups in total. The van der Waals surface area contributed by atoms with Crippen LogP contribution >= 0.6 is 0 Å². The van der Waals surface area contributed by atoms with Crippen LogP contribution < -0.4 is 5.73 Å². The Labute approximate surface area is 126 Å². The van der Waals surface area contributed by atoms with Gasteiger partial charge in [-0.05, 0) is 25.0 Å². The van der Waals surface area contributed by atoms with Crippen molar-refractivity contribution in [1.82, 2.24) is 9.88 Å². The number of anilines is 1. The van der Waals surface area contributed by atoms with Gasteiger partial charge < -0.3 is 10.6 Å². The molecule has 0 saturated heterocycles. The SMILES string of the molecule is CCC(C)CN(CC)C(=O)c1cc(N)c2ccccc2n1. The smallest absolute Gasteiger partial charge is 0.272 e. The minimum absolute atomic E-state index is 0.0461. The van der Waals surface area contributed by atoms with Crippen LogP contribution in [-0.4, -0.2) is 28.9 Å². The topological polar surface area (TPSA) is 59.2 Å². The van der Waals surface area contributed by atoms with E-state index in [0.717, 1.165) is 23.9 Å². The highest BCUT2D eigenvalue weighted by atomic mass is 16.2. The van der Waals surface area contributed by atoms with Crippen LogP contribution in [0, 0.1) is 5.92 Å². The van der Waals surface area contributed by atoms with Crippen molar-refractivity contribution in [2.24, 2.45) is 5.92 Å². The molecule has 0 radical (unpaired) electrons. The minimum Gasteiger partial charge on any atom is -0.398 e. The molecule has 1 atom stereocenters. The van der Waals surface area contributed by atoms with E-state index in [1.165, 1.54) is 0 Å². The number of amides is 1. The van der Waals surface area contributed by atoms with Crippen LogP contribution in [0.3, 0.4) is 0 Å². The van der Waals surface area contributed by atoms with Gasteiger partial charge in [-0.25, -0.2) is 4.98 Å². The molecule has 2 rings (SSSR count). The summed E-state index contributed by atoms with van der Waals surface area (Å²) in [6, 6.07) is 9.31. The van der Waals surface area contributed by atoms with Crippen molar-refractivity contribution in [2.75, 3.05) is 18.8 Å². The largest absolute Gasteiger partial charge is 0.398 e. The first-order valence-electron chi connectivity index (χ1n) is 7.51. The Kier molecular flexibility index (Phi) is 4.78. The Bertz CT molecular complexity index is 639. The second kappa shape index (κ2) is 6.57. The summed E-state index contributed by atoms with van der Waals surface area (Å²) in [4.78, 5) is 18.9. The summed E-state index contributed by atoms with van der Waals surface area (Å²) in [6.07, 6.45) is 1.05. The average molecular weight is 285 g/mol. The molecule has 1 unspecified atom stereocenters. The minimum atomic E-state index is -0.0461. The number of aromatic nitrogens is 1. The van der Waals surface area contributed by atoms with Crippen molar-refractivity contribution < 1.29 is 4.79 Å². The first-order chi connectivity index (χ1) is 10.1. The van der Waals surface area contributed by atoms with E-state index in [1.54, 1.807) is 6.07 Å². The molecule has 21 heavy (non-hydrogen) atoms. The van der Waals surface area contributed by atoms with E-state index in [2.05, 4.69) is 18.8 Å². The van der Waals surface area contributed by atoms with Gasteiger partial charge in [0.05, 0.1) is 5.52 Å². The summed E-state index contributed by atoms with van der Waals surface area (Å²) in [5.74, 6) is 0.432. The van der Waals surface area contributed by atoms with E-state index in [1.807, 2.05) is 36.1 Å². The fourth-order valence-electron chi connectivity index (χ4n) is 2.33. The molecular formula is C17H23N3O. The lowest BCUT2D eigenvalue weighted by Gasteiger charge is -2.24. The van der Waals surface area contributed by atoms with Crippen LogP contribution in [0.5, 0.6) is 0 Å². The van der Waals surface area contributed by atoms with Crippen molar-refractivity contribution in [3.8, 4) is 0 Å². The highest BCUT2D eigenvalue weighted by Crippen LogP contribution is 2.21. The lowest BCUT2D eigenvalue weighted by Crippen LogP contribution is -2.35. The first-order valence-corrected chi connectivity index (χ1v) is 7.51. The maximum absolute atomic E-state index is 12.6. The second-order valence-electron chi connectivity index (χ2n) is 5.47. The molecule has 0 bridgehead atoms. The Morgan fingerprint density at radius 3 is 2.71 bits per heavy atom. The lowest BCUT2D eigenvalue weighted by molar-refractivity contribution is 0.0735. The number of hydrogen-bond donors (Lipinski definition) is 1. The molecule has 0 saturated carbocycles. The van der Waals surface area contributed by atoms with Crippen LogP contribution in [0.15, 0.2) is 30.3 Å². The van der Waals surface area contributed by atoms with Gasteiger partial charge in [0.25, 0.3) is 5.91 Å². The van der Waals surface area contributed by atoms with Gasteiger partial charge in [0.1, 0.15) is 5.69 Å². The molecule has 112 valence electrons. The van der Waals surface area contributed by atoms with E-state index in [0.29, 0.717) is 23.8 Å². The van der Waals surface area contributed by atoms with Gasteiger partial charge in [-0.2, -0.15) is 0 Å². The van der Waals surface area contributed by atoms with Crippen LogP contribution in [0.25, 0.3) is 10.9 Å². The van der Waals surface area contributed by atoms with Gasteiger partial charge in [0, 0.05) is 24.2 Å². The zero-order valence-corrected chi connectivity index (χ0v) is 13.0. The van der Waals surface area contributed by atoms with Gasteiger partial charge in [-0.3, -0.25) is 4.79 Å². The molecule has 0 aliphatic carbocycles. The molecule has 1 aromatic heterocycles. The summed E-state index contributed by atoms with van der Waals surface area (Å²) >= 11 is 0. The quantitative estimate of drug-likeness (QED) is 0.916. The van der Waals surface area contributed by atoms with Crippen molar-refractivity contribution in [1.29, 1.82) is 0 Å². The number of fused-ring (bicyclic) bond motifs is 1. The third kappa shape index (κ3) is 3.32. The fraction of sp³-hybridized carbons (Fsp3) is 0.412. The molecule has 4 heteroatoms. The number of para-hydroxylation sites is 1. The van der Waals surface area contributed by atoms with Gasteiger partial charge >= 0.3 is 0 Å². The Balaban J connectivity index is 2.33. The first kappa shape index (κ1) is 15.3. The van der Waals surface area contributed by atoms with Gasteiger partial charge in [-0.15, -0.1) is 0 Å². The summed E-state index contributed by atoms with van der Waals surface area (Å²) < 4.78 is 0. The summed E-state index contributed by atoms with van der Waals surface area (Å²) in [5.41, 5.74) is 7.85. The maximum atomic E-state index is 12.6. The number of carbonyl (C=O) groups is 1. The number of nitrogens with two attached hydrogens (primary N) is 1. The lowest BCUT2D eigenvalue weighted by atomic mass is 10.1. The normalized spacial score (nSPS) is 12.3. The van der Waals surface area contributed by atoms with Gasteiger partial charge in [-0.1, -0.05) is 38.5 Å². The highest BCUT2D eigenvalue weighted by Gasteiger charge is 2.18. The Morgan fingerprint density at radius 1 is 1.33 bits per heavy atom. The van der Waals surface area contributed by atoms with E-state index >= 15 is 0 Å². The number of nitrogen functional groups attached to an aromatic ring is 1. The van der Waals surface area contributed by atoms with E-state index in [9.17, 15) is 4.79 Å². The summed E-state index contributed by atoms with van der Waals surface area (Å²) in [7, 11) is 0. The third-order valence-corrected chi connectivity index (χ3v) is 3.87. The van der Waals surface area contributed by atoms with Crippen molar-refractivity contribution in [2.45, 2.75) is 27.2 Å². The molecule has 0 spiro atoms. The van der Waals surface area contributed by atoms with E-state index in [4.69, 9.17) is 5.73 Å². The highest BCUT2D eigenvalue weighted by molar-refractivity contribution is 5.99. The van der Waals surface area contributed by atoms with Crippen molar-refractivity contribution in [3.63, 3.8) is 0 Å². The monoisotopic (exact) mass is 285 g/mol. The van der Waals surface area contributed by atoms with Crippen LogP contribution in [0.2, 0.25) is 0 Å². The Morgan fingerprint density at radius 2 is 2.05 bits per heavy atom. The zero-order chi connectivity index (χ0) is 15.4. The predicted molar refractivity (Wildman–Crippen MR) is 87.2 cm³/mol. The standard InChI is InChI=1S/C17H23N3O/c1-4-12(3)11-20(5-2)17(21)16-10-14(18)13-8-6-7-9-15(13)19-16/h6-10,12H,4-5,11H2,1-3H3,(H2,18,19). The Hall–Kier alpha value is -2.10. The number of carbonyl (C=O) groups excluding carboxylic acids is 1. The van der Waals surface area contributed by atoms with E-state index in [-0.39, 0.29) is 5.91 Å². The fourth-order valence-corrected chi connectivity index (χ4v) is 2.33. The zero-order valence-electron chi connectivity index (χ0n) is 13.0. The van der Waals surface area contributed by atoms with Crippen molar-refractivity contribution in [3.05, 3.63) is 36.0 Å². The molecule has 1 aromatic carbocycles. The summed E-state index contributed by atoms with van der Waals surface area (Å²) in [6.45, 7) is 7.70. The van der Waals surface area contributed by atoms with Gasteiger partial charge in [0.2, 0.25) is 0 Å².